The number of nitrogens with one attached hydrogen (secondary N) is 2. The molecule has 1 saturated heterocycles. The third kappa shape index (κ3) is 5.95. The SMILES string of the molecule is CCOc1ccc(C2(CNC(=NC)NCCc3ccc(F)cc3)CCOCC2)cc1. The van der Waals surface area contributed by atoms with Gasteiger partial charge in [0.15, 0.2) is 5.96 Å². The minimum atomic E-state index is -0.208. The van der Waals surface area contributed by atoms with E-state index in [4.69, 9.17) is 9.47 Å². The largest absolute Gasteiger partial charge is 0.494 e. The van der Waals surface area contributed by atoms with Crippen molar-refractivity contribution in [2.45, 2.75) is 31.6 Å². The van der Waals surface area contributed by atoms with Crippen molar-refractivity contribution in [2.75, 3.05) is 40.0 Å². The van der Waals surface area contributed by atoms with Gasteiger partial charge in [-0.3, -0.25) is 4.99 Å². The highest BCUT2D eigenvalue weighted by atomic mass is 19.1. The van der Waals surface area contributed by atoms with E-state index in [0.29, 0.717) is 6.61 Å². The normalized spacial score (nSPS) is 16.2. The van der Waals surface area contributed by atoms with Crippen LogP contribution in [0.15, 0.2) is 53.5 Å². The van der Waals surface area contributed by atoms with E-state index in [9.17, 15) is 4.39 Å². The van der Waals surface area contributed by atoms with Crippen LogP contribution in [-0.4, -0.2) is 45.9 Å². The van der Waals surface area contributed by atoms with Crippen LogP contribution < -0.4 is 15.4 Å². The van der Waals surface area contributed by atoms with Gasteiger partial charge in [-0.1, -0.05) is 24.3 Å². The fraction of sp³-hybridized carbons (Fsp3) is 0.458. The van der Waals surface area contributed by atoms with Crippen molar-refractivity contribution in [3.05, 3.63) is 65.5 Å². The van der Waals surface area contributed by atoms with Crippen molar-refractivity contribution in [3.8, 4) is 5.75 Å². The van der Waals surface area contributed by atoms with E-state index in [1.54, 1.807) is 7.05 Å². The number of ether oxygens (including phenoxy) is 2. The molecule has 6 heteroatoms. The number of benzene rings is 2. The minimum Gasteiger partial charge on any atom is -0.494 e. The topological polar surface area (TPSA) is 54.9 Å². The molecule has 30 heavy (non-hydrogen) atoms. The molecule has 0 saturated carbocycles. The van der Waals surface area contributed by atoms with Crippen molar-refractivity contribution >= 4 is 5.96 Å². The molecule has 2 aromatic carbocycles. The van der Waals surface area contributed by atoms with Gasteiger partial charge >= 0.3 is 0 Å². The van der Waals surface area contributed by atoms with Crippen molar-refractivity contribution in [1.29, 1.82) is 0 Å². The highest BCUT2D eigenvalue weighted by Gasteiger charge is 2.34. The number of halogens is 1. The molecule has 0 radical (unpaired) electrons. The number of guanidine groups is 1. The second kappa shape index (κ2) is 11.0. The Morgan fingerprint density at radius 1 is 1.07 bits per heavy atom. The number of aliphatic imine (C=N–C) groups is 1. The van der Waals surface area contributed by atoms with Gasteiger partial charge < -0.3 is 20.1 Å². The second-order valence-corrected chi connectivity index (χ2v) is 7.58. The summed E-state index contributed by atoms with van der Waals surface area (Å²) in [6, 6.07) is 15.1. The van der Waals surface area contributed by atoms with Gasteiger partial charge in [0, 0.05) is 38.8 Å². The molecule has 0 unspecified atom stereocenters. The van der Waals surface area contributed by atoms with Crippen LogP contribution in [0.4, 0.5) is 4.39 Å². The summed E-state index contributed by atoms with van der Waals surface area (Å²) in [6.45, 7) is 5.67. The lowest BCUT2D eigenvalue weighted by Crippen LogP contribution is -2.48. The Balaban J connectivity index is 1.59. The van der Waals surface area contributed by atoms with Crippen molar-refractivity contribution in [1.82, 2.24) is 10.6 Å². The molecule has 0 spiro atoms. The lowest BCUT2D eigenvalue weighted by atomic mass is 9.74. The predicted molar refractivity (Wildman–Crippen MR) is 119 cm³/mol. The van der Waals surface area contributed by atoms with Gasteiger partial charge in [0.2, 0.25) is 0 Å². The molecule has 5 nitrogen and oxygen atoms in total. The monoisotopic (exact) mass is 413 g/mol. The molecule has 0 amide bonds. The van der Waals surface area contributed by atoms with E-state index in [1.165, 1.54) is 17.7 Å². The Morgan fingerprint density at radius 2 is 1.77 bits per heavy atom. The first-order valence-corrected chi connectivity index (χ1v) is 10.7. The van der Waals surface area contributed by atoms with Crippen LogP contribution in [0.25, 0.3) is 0 Å². The molecule has 162 valence electrons. The summed E-state index contributed by atoms with van der Waals surface area (Å²) in [7, 11) is 1.78. The van der Waals surface area contributed by atoms with Crippen LogP contribution in [0.5, 0.6) is 5.75 Å². The predicted octanol–water partition coefficient (Wildman–Crippen LogP) is 3.68. The smallest absolute Gasteiger partial charge is 0.191 e. The Hall–Kier alpha value is -2.60. The zero-order valence-corrected chi connectivity index (χ0v) is 17.9. The molecule has 0 atom stereocenters. The lowest BCUT2D eigenvalue weighted by Gasteiger charge is -2.38. The Kier molecular flexibility index (Phi) is 8.08. The van der Waals surface area contributed by atoms with E-state index >= 15 is 0 Å². The average Bonchev–Trinajstić information content (AvgIpc) is 2.79. The van der Waals surface area contributed by atoms with Crippen LogP contribution in [0.3, 0.4) is 0 Å². The zero-order valence-electron chi connectivity index (χ0n) is 17.9. The molecule has 1 aliphatic heterocycles. The van der Waals surface area contributed by atoms with Gasteiger partial charge in [0.1, 0.15) is 11.6 Å². The average molecular weight is 414 g/mol. The maximum Gasteiger partial charge on any atom is 0.191 e. The summed E-state index contributed by atoms with van der Waals surface area (Å²) in [6.07, 6.45) is 2.72. The van der Waals surface area contributed by atoms with Gasteiger partial charge in [0.05, 0.1) is 6.61 Å². The molecular formula is C24H32FN3O2. The fourth-order valence-electron chi connectivity index (χ4n) is 3.85. The standard InChI is InChI=1S/C24H32FN3O2/c1-3-30-22-10-6-20(7-11-22)24(13-16-29-17-14-24)18-28-23(26-2)27-15-12-19-4-8-21(25)9-5-19/h4-11H,3,12-18H2,1-2H3,(H2,26,27,28). The molecule has 2 N–H and O–H groups in total. The number of hydrogen-bond acceptors (Lipinski definition) is 3. The van der Waals surface area contributed by atoms with Crippen LogP contribution in [0.2, 0.25) is 0 Å². The second-order valence-electron chi connectivity index (χ2n) is 7.58. The molecule has 1 aliphatic rings. The maximum atomic E-state index is 13.0. The zero-order chi connectivity index (χ0) is 21.2. The molecule has 3 rings (SSSR count). The van der Waals surface area contributed by atoms with Crippen LogP contribution >= 0.6 is 0 Å². The van der Waals surface area contributed by atoms with Gasteiger partial charge in [-0.05, 0) is 61.6 Å². The number of nitrogens with zero attached hydrogens (tertiary/aromatic N) is 1. The summed E-state index contributed by atoms with van der Waals surface area (Å²) in [5.41, 5.74) is 2.38. The van der Waals surface area contributed by atoms with E-state index in [0.717, 1.165) is 62.8 Å². The summed E-state index contributed by atoms with van der Waals surface area (Å²) < 4.78 is 24.3. The van der Waals surface area contributed by atoms with E-state index in [-0.39, 0.29) is 11.2 Å². The Morgan fingerprint density at radius 3 is 2.40 bits per heavy atom. The van der Waals surface area contributed by atoms with Crippen molar-refractivity contribution in [3.63, 3.8) is 0 Å². The van der Waals surface area contributed by atoms with Crippen molar-refractivity contribution < 1.29 is 13.9 Å². The molecule has 0 aromatic heterocycles. The molecule has 1 fully saturated rings. The van der Waals surface area contributed by atoms with Crippen LogP contribution in [0, 0.1) is 5.82 Å². The van der Waals surface area contributed by atoms with E-state index in [2.05, 4.69) is 27.8 Å². The summed E-state index contributed by atoms with van der Waals surface area (Å²) in [4.78, 5) is 4.36. The highest BCUT2D eigenvalue weighted by molar-refractivity contribution is 5.79. The third-order valence-electron chi connectivity index (χ3n) is 5.66. The summed E-state index contributed by atoms with van der Waals surface area (Å²) in [5, 5.41) is 6.87. The molecular weight excluding hydrogens is 381 g/mol. The third-order valence-corrected chi connectivity index (χ3v) is 5.66. The molecule has 1 heterocycles. The molecule has 0 bridgehead atoms. The number of rotatable bonds is 8. The van der Waals surface area contributed by atoms with E-state index < -0.39 is 0 Å². The molecule has 0 aliphatic carbocycles. The van der Waals surface area contributed by atoms with Crippen LogP contribution in [0.1, 0.15) is 30.9 Å². The van der Waals surface area contributed by atoms with Gasteiger partial charge in [-0.25, -0.2) is 4.39 Å². The first kappa shape index (κ1) is 22.1. The van der Waals surface area contributed by atoms with Crippen LogP contribution in [-0.2, 0) is 16.6 Å². The maximum absolute atomic E-state index is 13.0. The van der Waals surface area contributed by atoms with Gasteiger partial charge in [-0.15, -0.1) is 0 Å². The quantitative estimate of drug-likeness (QED) is 0.512. The fourth-order valence-corrected chi connectivity index (χ4v) is 3.85. The summed E-state index contributed by atoms with van der Waals surface area (Å²) in [5.74, 6) is 1.46. The highest BCUT2D eigenvalue weighted by Crippen LogP contribution is 2.35. The lowest BCUT2D eigenvalue weighted by molar-refractivity contribution is 0.0513. The number of hydrogen-bond donors (Lipinski definition) is 2. The first-order valence-electron chi connectivity index (χ1n) is 10.7. The Bertz CT molecular complexity index is 800. The van der Waals surface area contributed by atoms with Crippen molar-refractivity contribution in [2.24, 2.45) is 4.99 Å². The van der Waals surface area contributed by atoms with Gasteiger partial charge in [0.25, 0.3) is 0 Å². The summed E-state index contributed by atoms with van der Waals surface area (Å²) >= 11 is 0. The molecule has 2 aromatic rings. The van der Waals surface area contributed by atoms with E-state index in [1.807, 2.05) is 31.2 Å². The minimum absolute atomic E-state index is 0.00241. The first-order chi connectivity index (χ1) is 14.6. The van der Waals surface area contributed by atoms with Gasteiger partial charge in [-0.2, -0.15) is 0 Å². The Labute approximate surface area is 178 Å².